The van der Waals surface area contributed by atoms with Crippen molar-refractivity contribution in [3.63, 3.8) is 0 Å². The number of aliphatic carboxylic acids is 1. The molecule has 0 radical (unpaired) electrons. The maximum Gasteiger partial charge on any atom is 0.338 e. The fraction of sp³-hybridized carbons (Fsp3) is 0.400. The number of carbonyl (C=O) groups excluding carboxylic acids is 1. The number of ether oxygens (including phenoxy) is 1. The Morgan fingerprint density at radius 3 is 2.87 bits per heavy atom. The SMILES string of the molecule is COC(=O)c1csc(C2CC2C(=O)O)c1. The molecular weight excluding hydrogens is 216 g/mol. The maximum atomic E-state index is 11.2. The molecular formula is C10H10O4S. The average Bonchev–Trinajstić information content (AvgIpc) is 2.88. The van der Waals surface area contributed by atoms with Gasteiger partial charge in [0.1, 0.15) is 0 Å². The van der Waals surface area contributed by atoms with E-state index in [-0.39, 0.29) is 17.8 Å². The molecule has 0 aliphatic heterocycles. The van der Waals surface area contributed by atoms with Gasteiger partial charge < -0.3 is 9.84 Å². The van der Waals surface area contributed by atoms with E-state index in [1.807, 2.05) is 0 Å². The van der Waals surface area contributed by atoms with Crippen LogP contribution < -0.4 is 0 Å². The van der Waals surface area contributed by atoms with Crippen molar-refractivity contribution in [3.8, 4) is 0 Å². The molecule has 1 fully saturated rings. The van der Waals surface area contributed by atoms with Crippen molar-refractivity contribution in [2.75, 3.05) is 7.11 Å². The van der Waals surface area contributed by atoms with E-state index in [1.54, 1.807) is 11.4 Å². The molecule has 5 heteroatoms. The first-order valence-corrected chi connectivity index (χ1v) is 5.41. The van der Waals surface area contributed by atoms with Gasteiger partial charge in [-0.15, -0.1) is 11.3 Å². The Morgan fingerprint density at radius 2 is 2.33 bits per heavy atom. The van der Waals surface area contributed by atoms with Gasteiger partial charge in [0.05, 0.1) is 18.6 Å². The summed E-state index contributed by atoms with van der Waals surface area (Å²) in [5, 5.41) is 10.5. The number of hydrogen-bond acceptors (Lipinski definition) is 4. The minimum Gasteiger partial charge on any atom is -0.481 e. The zero-order valence-electron chi connectivity index (χ0n) is 8.10. The van der Waals surface area contributed by atoms with E-state index in [0.717, 1.165) is 4.88 Å². The molecule has 2 unspecified atom stereocenters. The lowest BCUT2D eigenvalue weighted by Gasteiger charge is -1.92. The van der Waals surface area contributed by atoms with Gasteiger partial charge in [0.15, 0.2) is 0 Å². The Bertz CT molecular complexity index is 409. The third kappa shape index (κ3) is 1.87. The van der Waals surface area contributed by atoms with Gasteiger partial charge in [0, 0.05) is 16.2 Å². The minimum absolute atomic E-state index is 0.0888. The molecule has 0 amide bonds. The Kier molecular flexibility index (Phi) is 2.48. The summed E-state index contributed by atoms with van der Waals surface area (Å²) < 4.78 is 4.58. The highest BCUT2D eigenvalue weighted by molar-refractivity contribution is 7.10. The quantitative estimate of drug-likeness (QED) is 0.797. The summed E-state index contributed by atoms with van der Waals surface area (Å²) in [6.07, 6.45) is 0.677. The number of carbonyl (C=O) groups is 2. The first-order valence-electron chi connectivity index (χ1n) is 4.53. The number of hydrogen-bond donors (Lipinski definition) is 1. The summed E-state index contributed by atoms with van der Waals surface area (Å²) in [4.78, 5) is 22.8. The van der Waals surface area contributed by atoms with Crippen LogP contribution in [0.4, 0.5) is 0 Å². The molecule has 1 saturated carbocycles. The molecule has 1 aromatic heterocycles. The van der Waals surface area contributed by atoms with Crippen LogP contribution in [-0.2, 0) is 9.53 Å². The fourth-order valence-electron chi connectivity index (χ4n) is 1.55. The maximum absolute atomic E-state index is 11.2. The predicted octanol–water partition coefficient (Wildman–Crippen LogP) is 1.72. The van der Waals surface area contributed by atoms with Crippen LogP contribution in [-0.4, -0.2) is 24.2 Å². The molecule has 0 spiro atoms. The zero-order valence-corrected chi connectivity index (χ0v) is 8.91. The molecule has 0 saturated heterocycles. The molecule has 0 aromatic carbocycles. The molecule has 1 aliphatic rings. The van der Waals surface area contributed by atoms with Crippen LogP contribution in [0.3, 0.4) is 0 Å². The lowest BCUT2D eigenvalue weighted by Crippen LogP contribution is -1.99. The number of rotatable bonds is 3. The first kappa shape index (κ1) is 10.2. The second-order valence-corrected chi connectivity index (χ2v) is 4.46. The van der Waals surface area contributed by atoms with Gasteiger partial charge in [-0.25, -0.2) is 4.79 Å². The van der Waals surface area contributed by atoms with Crippen LogP contribution in [0.5, 0.6) is 0 Å². The van der Waals surface area contributed by atoms with Crippen LogP contribution in [0, 0.1) is 5.92 Å². The number of methoxy groups -OCH3 is 1. The standard InChI is InChI=1S/C10H10O4S/c1-14-10(13)5-2-8(15-4-5)6-3-7(6)9(11)12/h2,4,6-7H,3H2,1H3,(H,11,12). The summed E-state index contributed by atoms with van der Waals surface area (Å²) in [6.45, 7) is 0. The zero-order chi connectivity index (χ0) is 11.0. The second-order valence-electron chi connectivity index (χ2n) is 3.52. The van der Waals surface area contributed by atoms with E-state index in [4.69, 9.17) is 5.11 Å². The van der Waals surface area contributed by atoms with E-state index in [2.05, 4.69) is 4.74 Å². The monoisotopic (exact) mass is 226 g/mol. The van der Waals surface area contributed by atoms with E-state index in [9.17, 15) is 9.59 Å². The van der Waals surface area contributed by atoms with E-state index < -0.39 is 5.97 Å². The van der Waals surface area contributed by atoms with Crippen molar-refractivity contribution in [1.29, 1.82) is 0 Å². The van der Waals surface area contributed by atoms with Crippen LogP contribution >= 0.6 is 11.3 Å². The Hall–Kier alpha value is -1.36. The van der Waals surface area contributed by atoms with Crippen LogP contribution in [0.15, 0.2) is 11.4 Å². The molecule has 1 N–H and O–H groups in total. The third-order valence-corrected chi connectivity index (χ3v) is 3.58. The van der Waals surface area contributed by atoms with Gasteiger partial charge in [0.2, 0.25) is 0 Å². The largest absolute Gasteiger partial charge is 0.481 e. The summed E-state index contributed by atoms with van der Waals surface area (Å²) in [7, 11) is 1.33. The fourth-order valence-corrected chi connectivity index (χ4v) is 2.61. The lowest BCUT2D eigenvalue weighted by atomic mass is 10.2. The molecule has 0 bridgehead atoms. The Balaban J connectivity index is 2.09. The molecule has 1 heterocycles. The highest BCUT2D eigenvalue weighted by Crippen LogP contribution is 2.49. The van der Waals surface area contributed by atoms with Crippen molar-refractivity contribution >= 4 is 23.3 Å². The Morgan fingerprint density at radius 1 is 1.60 bits per heavy atom. The van der Waals surface area contributed by atoms with Gasteiger partial charge >= 0.3 is 11.9 Å². The van der Waals surface area contributed by atoms with Gasteiger partial charge in [0.25, 0.3) is 0 Å². The number of carboxylic acid groups (broad SMARTS) is 1. The van der Waals surface area contributed by atoms with E-state index in [0.29, 0.717) is 12.0 Å². The smallest absolute Gasteiger partial charge is 0.338 e. The molecule has 1 aromatic rings. The van der Waals surface area contributed by atoms with E-state index in [1.165, 1.54) is 18.4 Å². The summed E-state index contributed by atoms with van der Waals surface area (Å²) in [5.74, 6) is -1.31. The normalized spacial score (nSPS) is 23.5. The third-order valence-electron chi connectivity index (χ3n) is 2.51. The molecule has 2 atom stereocenters. The molecule has 15 heavy (non-hydrogen) atoms. The van der Waals surface area contributed by atoms with Crippen LogP contribution in [0.1, 0.15) is 27.6 Å². The van der Waals surface area contributed by atoms with Crippen LogP contribution in [0.25, 0.3) is 0 Å². The summed E-state index contributed by atoms with van der Waals surface area (Å²) in [5.41, 5.74) is 0.508. The molecule has 80 valence electrons. The Labute approximate surface area is 90.5 Å². The van der Waals surface area contributed by atoms with Crippen LogP contribution in [0.2, 0.25) is 0 Å². The van der Waals surface area contributed by atoms with Crippen molar-refractivity contribution < 1.29 is 19.4 Å². The lowest BCUT2D eigenvalue weighted by molar-refractivity contribution is -0.138. The second kappa shape index (κ2) is 3.66. The predicted molar refractivity (Wildman–Crippen MR) is 54.1 cm³/mol. The van der Waals surface area contributed by atoms with E-state index >= 15 is 0 Å². The molecule has 2 rings (SSSR count). The number of carboxylic acids is 1. The van der Waals surface area contributed by atoms with Gasteiger partial charge in [-0.3, -0.25) is 4.79 Å². The highest BCUT2D eigenvalue weighted by atomic mass is 32.1. The van der Waals surface area contributed by atoms with Crippen molar-refractivity contribution in [2.24, 2.45) is 5.92 Å². The van der Waals surface area contributed by atoms with Gasteiger partial charge in [-0.1, -0.05) is 0 Å². The first-order chi connectivity index (χ1) is 7.13. The van der Waals surface area contributed by atoms with Crippen molar-refractivity contribution in [2.45, 2.75) is 12.3 Å². The van der Waals surface area contributed by atoms with Gasteiger partial charge in [-0.2, -0.15) is 0 Å². The number of thiophene rings is 1. The minimum atomic E-state index is -0.756. The van der Waals surface area contributed by atoms with Gasteiger partial charge in [-0.05, 0) is 12.5 Å². The molecule has 1 aliphatic carbocycles. The highest BCUT2D eigenvalue weighted by Gasteiger charge is 2.45. The molecule has 4 nitrogen and oxygen atoms in total. The van der Waals surface area contributed by atoms with Crippen molar-refractivity contribution in [1.82, 2.24) is 0 Å². The van der Waals surface area contributed by atoms with Crippen molar-refractivity contribution in [3.05, 3.63) is 21.9 Å². The topological polar surface area (TPSA) is 63.6 Å². The number of esters is 1. The average molecular weight is 226 g/mol. The summed E-state index contributed by atoms with van der Waals surface area (Å²) >= 11 is 1.42. The summed E-state index contributed by atoms with van der Waals surface area (Å²) in [6, 6.07) is 1.73.